The predicted octanol–water partition coefficient (Wildman–Crippen LogP) is 4.57. The summed E-state index contributed by atoms with van der Waals surface area (Å²) in [5.41, 5.74) is 2.08. The minimum absolute atomic E-state index is 0.0808. The Bertz CT molecular complexity index is 1060. The number of hydrogen-bond donors (Lipinski definition) is 1. The average Bonchev–Trinajstić information content (AvgIpc) is 3.14. The molecule has 1 heterocycles. The number of aryl methyl sites for hydroxylation is 1. The number of nitro benzene ring substituents is 1. The van der Waals surface area contributed by atoms with Crippen molar-refractivity contribution in [3.63, 3.8) is 0 Å². The van der Waals surface area contributed by atoms with E-state index in [2.05, 4.69) is 5.32 Å². The zero-order valence-electron chi connectivity index (χ0n) is 14.7. The molecule has 0 bridgehead atoms. The molecule has 1 aromatic heterocycles. The summed E-state index contributed by atoms with van der Waals surface area (Å²) in [5, 5.41) is 16.7. The van der Waals surface area contributed by atoms with Gasteiger partial charge in [0, 0.05) is 17.2 Å². The van der Waals surface area contributed by atoms with Crippen LogP contribution in [0.25, 0.3) is 0 Å². The first kappa shape index (κ1) is 19.1. The van der Waals surface area contributed by atoms with Crippen LogP contribution < -0.4 is 5.32 Å². The summed E-state index contributed by atoms with van der Waals surface area (Å²) >= 11 is 1.54. The van der Waals surface area contributed by atoms with Crippen LogP contribution in [0.4, 0.5) is 11.4 Å². The Balaban J connectivity index is 2.06. The van der Waals surface area contributed by atoms with Crippen molar-refractivity contribution in [2.75, 3.05) is 11.6 Å². The first-order valence-electron chi connectivity index (χ1n) is 8.11. The molecular weight excluding hydrogens is 384 g/mol. The number of nitro groups is 1. The van der Waals surface area contributed by atoms with Gasteiger partial charge in [0.05, 0.1) is 15.9 Å². The molecule has 6 nitrogen and oxygen atoms in total. The highest BCUT2D eigenvalue weighted by Gasteiger charge is 2.23. The van der Waals surface area contributed by atoms with Crippen molar-refractivity contribution in [2.45, 2.75) is 17.9 Å². The van der Waals surface area contributed by atoms with Crippen LogP contribution in [-0.2, 0) is 9.84 Å². The molecule has 2 aromatic carbocycles. The maximum absolute atomic E-state index is 11.7. The van der Waals surface area contributed by atoms with Crippen LogP contribution in [0.3, 0.4) is 0 Å². The lowest BCUT2D eigenvalue weighted by Gasteiger charge is -2.20. The topological polar surface area (TPSA) is 89.3 Å². The Morgan fingerprint density at radius 3 is 2.37 bits per heavy atom. The average molecular weight is 402 g/mol. The van der Waals surface area contributed by atoms with Crippen molar-refractivity contribution in [1.82, 2.24) is 0 Å². The van der Waals surface area contributed by atoms with Crippen molar-refractivity contribution in [3.8, 4) is 0 Å². The second-order valence-electron chi connectivity index (χ2n) is 6.21. The number of benzene rings is 2. The molecule has 0 aliphatic heterocycles. The minimum Gasteiger partial charge on any atom is -0.368 e. The third kappa shape index (κ3) is 4.35. The molecule has 8 heteroatoms. The fourth-order valence-corrected chi connectivity index (χ4v) is 4.15. The standard InChI is InChI=1S/C19H18N2O4S2/c1-13-5-7-14(8-6-13)19(18-4-3-11-26-18)20-16-10-9-15(27(2,24)25)12-17(16)21(22)23/h3-12,19-20H,1-2H3/t19-/m1/s1. The van der Waals surface area contributed by atoms with Crippen LogP contribution >= 0.6 is 11.3 Å². The molecule has 0 saturated heterocycles. The van der Waals surface area contributed by atoms with E-state index in [-0.39, 0.29) is 22.3 Å². The molecule has 1 atom stereocenters. The van der Waals surface area contributed by atoms with Crippen LogP contribution in [0.1, 0.15) is 22.0 Å². The van der Waals surface area contributed by atoms with Gasteiger partial charge in [-0.1, -0.05) is 35.9 Å². The lowest BCUT2D eigenvalue weighted by molar-refractivity contribution is -0.384. The second-order valence-corrected chi connectivity index (χ2v) is 9.21. The number of rotatable bonds is 6. The first-order valence-corrected chi connectivity index (χ1v) is 10.9. The maximum Gasteiger partial charge on any atom is 0.293 e. The quantitative estimate of drug-likeness (QED) is 0.482. The van der Waals surface area contributed by atoms with Gasteiger partial charge in [0.2, 0.25) is 0 Å². The van der Waals surface area contributed by atoms with E-state index >= 15 is 0 Å². The highest BCUT2D eigenvalue weighted by molar-refractivity contribution is 7.90. The lowest BCUT2D eigenvalue weighted by Crippen LogP contribution is -2.12. The number of nitrogens with one attached hydrogen (secondary N) is 1. The van der Waals surface area contributed by atoms with Crippen molar-refractivity contribution >= 4 is 32.5 Å². The third-order valence-electron chi connectivity index (χ3n) is 4.13. The van der Waals surface area contributed by atoms with Crippen molar-refractivity contribution in [1.29, 1.82) is 0 Å². The van der Waals surface area contributed by atoms with E-state index in [1.807, 2.05) is 48.7 Å². The first-order chi connectivity index (χ1) is 12.8. The van der Waals surface area contributed by atoms with Gasteiger partial charge in [-0.05, 0) is 36.1 Å². The summed E-state index contributed by atoms with van der Waals surface area (Å²) in [4.78, 5) is 11.9. The molecule has 27 heavy (non-hydrogen) atoms. The number of sulfone groups is 1. The van der Waals surface area contributed by atoms with Crippen LogP contribution in [0.5, 0.6) is 0 Å². The SMILES string of the molecule is Cc1ccc([C@@H](Nc2ccc(S(C)(=O)=O)cc2[N+](=O)[O-])c2cccs2)cc1. The van der Waals surface area contributed by atoms with Crippen LogP contribution in [0.15, 0.2) is 64.9 Å². The normalized spacial score (nSPS) is 12.5. The van der Waals surface area contributed by atoms with Crippen LogP contribution in [0, 0.1) is 17.0 Å². The monoisotopic (exact) mass is 402 g/mol. The number of thiophene rings is 1. The van der Waals surface area contributed by atoms with Gasteiger partial charge >= 0.3 is 0 Å². The van der Waals surface area contributed by atoms with Gasteiger partial charge in [-0.2, -0.15) is 0 Å². The summed E-state index contributed by atoms with van der Waals surface area (Å²) in [6, 6.07) is 15.4. The van der Waals surface area contributed by atoms with Gasteiger partial charge in [0.25, 0.3) is 5.69 Å². The fourth-order valence-electron chi connectivity index (χ4n) is 2.70. The number of anilines is 1. The molecule has 0 amide bonds. The van der Waals surface area contributed by atoms with E-state index in [4.69, 9.17) is 0 Å². The minimum atomic E-state index is -3.53. The van der Waals surface area contributed by atoms with Crippen molar-refractivity contribution in [3.05, 3.63) is 86.1 Å². The molecule has 1 N–H and O–H groups in total. The molecular formula is C19H18N2O4S2. The zero-order valence-corrected chi connectivity index (χ0v) is 16.4. The largest absolute Gasteiger partial charge is 0.368 e. The molecule has 3 rings (SSSR count). The van der Waals surface area contributed by atoms with E-state index < -0.39 is 14.8 Å². The Morgan fingerprint density at radius 2 is 1.81 bits per heavy atom. The zero-order chi connectivity index (χ0) is 19.6. The highest BCUT2D eigenvalue weighted by Crippen LogP contribution is 2.35. The molecule has 3 aromatic rings. The van der Waals surface area contributed by atoms with Gasteiger partial charge in [0.15, 0.2) is 9.84 Å². The van der Waals surface area contributed by atoms with E-state index in [0.717, 1.165) is 28.3 Å². The summed E-state index contributed by atoms with van der Waals surface area (Å²) in [7, 11) is -3.53. The Morgan fingerprint density at radius 1 is 1.11 bits per heavy atom. The fraction of sp³-hybridized carbons (Fsp3) is 0.158. The molecule has 0 spiro atoms. The molecule has 0 fully saturated rings. The van der Waals surface area contributed by atoms with Crippen molar-refractivity contribution < 1.29 is 13.3 Å². The van der Waals surface area contributed by atoms with E-state index in [1.54, 1.807) is 11.3 Å². The lowest BCUT2D eigenvalue weighted by atomic mass is 10.0. The predicted molar refractivity (Wildman–Crippen MR) is 107 cm³/mol. The van der Waals surface area contributed by atoms with Gasteiger partial charge in [0.1, 0.15) is 5.69 Å². The van der Waals surface area contributed by atoms with Gasteiger partial charge < -0.3 is 5.32 Å². The van der Waals surface area contributed by atoms with Crippen LogP contribution in [-0.4, -0.2) is 19.6 Å². The van der Waals surface area contributed by atoms with Gasteiger partial charge in [-0.15, -0.1) is 11.3 Å². The summed E-state index contributed by atoms with van der Waals surface area (Å²) in [6.45, 7) is 1.99. The van der Waals surface area contributed by atoms with E-state index in [0.29, 0.717) is 0 Å². The third-order valence-corrected chi connectivity index (χ3v) is 6.18. The Labute approximate surface area is 161 Å². The Kier molecular flexibility index (Phi) is 5.29. The van der Waals surface area contributed by atoms with Gasteiger partial charge in [-0.3, -0.25) is 10.1 Å². The summed E-state index contributed by atoms with van der Waals surface area (Å²) < 4.78 is 23.5. The summed E-state index contributed by atoms with van der Waals surface area (Å²) in [5.74, 6) is 0. The van der Waals surface area contributed by atoms with E-state index in [1.165, 1.54) is 12.1 Å². The smallest absolute Gasteiger partial charge is 0.293 e. The van der Waals surface area contributed by atoms with Crippen molar-refractivity contribution in [2.24, 2.45) is 0 Å². The molecule has 0 unspecified atom stereocenters. The Hall–Kier alpha value is -2.71. The second kappa shape index (κ2) is 7.50. The molecule has 0 aliphatic carbocycles. The van der Waals surface area contributed by atoms with E-state index in [9.17, 15) is 18.5 Å². The molecule has 0 aliphatic rings. The molecule has 0 saturated carbocycles. The van der Waals surface area contributed by atoms with Crippen LogP contribution in [0.2, 0.25) is 0 Å². The van der Waals surface area contributed by atoms with Gasteiger partial charge in [-0.25, -0.2) is 8.42 Å². The molecule has 140 valence electrons. The number of hydrogen-bond acceptors (Lipinski definition) is 6. The maximum atomic E-state index is 11.7. The summed E-state index contributed by atoms with van der Waals surface area (Å²) in [6.07, 6.45) is 1.03. The highest BCUT2D eigenvalue weighted by atomic mass is 32.2. The number of nitrogens with zero attached hydrogens (tertiary/aromatic N) is 1. The molecule has 0 radical (unpaired) electrons.